The molecule has 0 spiro atoms. The summed E-state index contributed by atoms with van der Waals surface area (Å²) in [7, 11) is 2.14. The van der Waals surface area contributed by atoms with Gasteiger partial charge < -0.3 is 0 Å². The van der Waals surface area contributed by atoms with Gasteiger partial charge in [0.25, 0.3) is 0 Å². The van der Waals surface area contributed by atoms with Crippen LogP contribution in [0.1, 0.15) is 43.7 Å². The molecule has 172 valence electrons. The van der Waals surface area contributed by atoms with Crippen LogP contribution in [0.2, 0.25) is 0 Å². The third-order valence-corrected chi connectivity index (χ3v) is 8.23. The summed E-state index contributed by atoms with van der Waals surface area (Å²) in [6, 6.07) is 35.7. The van der Waals surface area contributed by atoms with Crippen molar-refractivity contribution < 1.29 is 9.13 Å². The van der Waals surface area contributed by atoms with E-state index in [1.807, 2.05) is 0 Å². The predicted octanol–water partition coefficient (Wildman–Crippen LogP) is 6.95. The van der Waals surface area contributed by atoms with Crippen molar-refractivity contribution >= 4 is 10.8 Å². The average Bonchev–Trinajstić information content (AvgIpc) is 2.92. The van der Waals surface area contributed by atoms with Crippen LogP contribution in [-0.2, 0) is 12.6 Å². The van der Waals surface area contributed by atoms with Gasteiger partial charge in [-0.3, -0.25) is 0 Å². The summed E-state index contributed by atoms with van der Waals surface area (Å²) in [4.78, 5) is 0. The second-order valence-electron chi connectivity index (χ2n) is 9.74. The predicted molar refractivity (Wildman–Crippen MR) is 143 cm³/mol. The van der Waals surface area contributed by atoms with Gasteiger partial charge >= 0.3 is 0 Å². The summed E-state index contributed by atoms with van der Waals surface area (Å²) in [6.07, 6.45) is 6.59. The Morgan fingerprint density at radius 2 is 1.29 bits per heavy atom. The monoisotopic (exact) mass is 456 g/mol. The molecule has 0 radical (unpaired) electrons. The second-order valence-corrected chi connectivity index (χ2v) is 9.74. The highest BCUT2D eigenvalue weighted by Crippen LogP contribution is 2.51. The van der Waals surface area contributed by atoms with Crippen molar-refractivity contribution in [1.29, 1.82) is 0 Å². The molecule has 0 saturated carbocycles. The van der Waals surface area contributed by atoms with E-state index in [2.05, 4.69) is 139 Å². The zero-order valence-electron chi connectivity index (χ0n) is 20.8. The molecule has 0 fully saturated rings. The van der Waals surface area contributed by atoms with Crippen molar-refractivity contribution in [3.63, 3.8) is 0 Å². The number of fused-ring (bicyclic) bond motifs is 5. The van der Waals surface area contributed by atoms with Crippen LogP contribution < -0.4 is 9.13 Å². The van der Waals surface area contributed by atoms with E-state index in [0.29, 0.717) is 0 Å². The lowest BCUT2D eigenvalue weighted by molar-refractivity contribution is -0.760. The number of rotatable bonds is 4. The molecule has 1 unspecified atom stereocenters. The van der Waals surface area contributed by atoms with Gasteiger partial charge in [0.1, 0.15) is 7.05 Å². The smallest absolute Gasteiger partial charge is 0.201 e. The minimum absolute atomic E-state index is 0.0722. The van der Waals surface area contributed by atoms with Crippen molar-refractivity contribution in [3.8, 4) is 22.5 Å². The Kier molecular flexibility index (Phi) is 5.25. The number of pyridine rings is 2. The molecule has 0 N–H and O–H groups in total. The fourth-order valence-electron chi connectivity index (χ4n) is 6.50. The lowest BCUT2D eigenvalue weighted by Gasteiger charge is -2.41. The summed E-state index contributed by atoms with van der Waals surface area (Å²) < 4.78 is 4.85. The Labute approximate surface area is 208 Å². The fourth-order valence-corrected chi connectivity index (χ4v) is 6.50. The zero-order valence-corrected chi connectivity index (χ0v) is 20.8. The number of aryl methyl sites for hydroxylation is 1. The zero-order chi connectivity index (χ0) is 24.0. The molecule has 5 aromatic rings. The van der Waals surface area contributed by atoms with Crippen LogP contribution in [0.3, 0.4) is 0 Å². The third-order valence-electron chi connectivity index (χ3n) is 8.23. The molecule has 1 atom stereocenters. The molecule has 2 aromatic heterocycles. The molecule has 1 aliphatic heterocycles. The van der Waals surface area contributed by atoms with Gasteiger partial charge in [0.2, 0.25) is 11.4 Å². The maximum absolute atomic E-state index is 2.62. The van der Waals surface area contributed by atoms with Gasteiger partial charge in [-0.25, -0.2) is 4.57 Å². The van der Waals surface area contributed by atoms with Crippen LogP contribution in [-0.4, -0.2) is 0 Å². The summed E-state index contributed by atoms with van der Waals surface area (Å²) >= 11 is 0. The van der Waals surface area contributed by atoms with Crippen LogP contribution in [0.15, 0.2) is 109 Å². The van der Waals surface area contributed by atoms with E-state index < -0.39 is 0 Å². The molecule has 2 heteroatoms. The highest BCUT2D eigenvalue weighted by atomic mass is 15.1. The number of hydrogen-bond acceptors (Lipinski definition) is 0. The number of benzene rings is 3. The normalized spacial score (nSPS) is 16.0. The van der Waals surface area contributed by atoms with Crippen LogP contribution in [0.25, 0.3) is 33.3 Å². The first-order valence-electron chi connectivity index (χ1n) is 12.8. The fraction of sp³-hybridized carbons (Fsp3) is 0.212. The summed E-state index contributed by atoms with van der Waals surface area (Å²) in [6.45, 7) is 4.73. The van der Waals surface area contributed by atoms with Crippen molar-refractivity contribution in [1.82, 2.24) is 0 Å². The second kappa shape index (κ2) is 8.46. The lowest BCUT2D eigenvalue weighted by Crippen LogP contribution is -2.62. The van der Waals surface area contributed by atoms with E-state index in [9.17, 15) is 0 Å². The van der Waals surface area contributed by atoms with Gasteiger partial charge in [0.05, 0.1) is 22.4 Å². The third kappa shape index (κ3) is 3.16. The van der Waals surface area contributed by atoms with Crippen LogP contribution in [0.5, 0.6) is 0 Å². The first-order chi connectivity index (χ1) is 17.2. The maximum atomic E-state index is 2.62. The van der Waals surface area contributed by atoms with E-state index >= 15 is 0 Å². The van der Waals surface area contributed by atoms with Gasteiger partial charge in [-0.05, 0) is 40.8 Å². The topological polar surface area (TPSA) is 7.76 Å². The van der Waals surface area contributed by atoms with E-state index in [0.717, 1.165) is 12.8 Å². The van der Waals surface area contributed by atoms with Gasteiger partial charge in [-0.2, -0.15) is 4.57 Å². The lowest BCUT2D eigenvalue weighted by atomic mass is 9.66. The first-order valence-corrected chi connectivity index (χ1v) is 12.8. The number of aromatic nitrogens is 2. The average molecular weight is 457 g/mol. The number of hydrogen-bond donors (Lipinski definition) is 0. The SMILES string of the molecule is CCC1(CC)C(c2ccccc2-c2cccc[n+]2C)c2ccccc2-c2c3ccccc3cc[n+]21. The van der Waals surface area contributed by atoms with Crippen LogP contribution in [0, 0.1) is 0 Å². The van der Waals surface area contributed by atoms with E-state index in [1.54, 1.807) is 0 Å². The summed E-state index contributed by atoms with van der Waals surface area (Å²) in [5.41, 5.74) is 8.01. The molecule has 3 heterocycles. The van der Waals surface area contributed by atoms with Crippen LogP contribution >= 0.6 is 0 Å². The van der Waals surface area contributed by atoms with Crippen molar-refractivity contribution in [2.75, 3.05) is 0 Å². The first kappa shape index (κ1) is 21.7. The molecule has 2 nitrogen and oxygen atoms in total. The molecule has 35 heavy (non-hydrogen) atoms. The molecule has 3 aromatic carbocycles. The highest BCUT2D eigenvalue weighted by Gasteiger charge is 2.53. The van der Waals surface area contributed by atoms with Gasteiger partial charge in [-0.15, -0.1) is 0 Å². The minimum Gasteiger partial charge on any atom is -0.201 e. The molecule has 0 bridgehead atoms. The Morgan fingerprint density at radius 1 is 0.657 bits per heavy atom. The molecule has 0 saturated heterocycles. The standard InChI is InChI=1S/C33H32N2/c1-4-33(5-2)31(27-17-9-8-16-26(27)30-20-12-13-22-34(30)3)28-18-10-11-19-29(28)32-25-15-7-6-14-24(25)21-23-35(32)33/h6-23,31H,4-5H2,1-3H3/q+2. The van der Waals surface area contributed by atoms with E-state index in [1.165, 1.54) is 44.4 Å². The van der Waals surface area contributed by atoms with E-state index in [4.69, 9.17) is 0 Å². The summed E-state index contributed by atoms with van der Waals surface area (Å²) in [5, 5.41) is 2.62. The number of nitrogens with zero attached hydrogens (tertiary/aromatic N) is 2. The Balaban J connectivity index is 1.72. The van der Waals surface area contributed by atoms with Crippen molar-refractivity contribution in [2.24, 2.45) is 7.05 Å². The highest BCUT2D eigenvalue weighted by molar-refractivity contribution is 5.94. The quantitative estimate of drug-likeness (QED) is 0.259. The molecule has 0 aliphatic carbocycles. The molecular formula is C33H32N2+2. The largest absolute Gasteiger partial charge is 0.221 e. The van der Waals surface area contributed by atoms with Gasteiger partial charge in [0, 0.05) is 31.0 Å². The Bertz CT molecular complexity index is 1540. The Hall–Kier alpha value is -3.78. The van der Waals surface area contributed by atoms with Crippen molar-refractivity contribution in [3.05, 3.63) is 121 Å². The van der Waals surface area contributed by atoms with E-state index in [-0.39, 0.29) is 11.5 Å². The maximum Gasteiger partial charge on any atom is 0.221 e. The minimum atomic E-state index is -0.0722. The van der Waals surface area contributed by atoms with Crippen LogP contribution in [0.4, 0.5) is 0 Å². The Morgan fingerprint density at radius 3 is 2.03 bits per heavy atom. The molecular weight excluding hydrogens is 424 g/mol. The molecule has 0 amide bonds. The molecule has 6 rings (SSSR count). The molecule has 1 aliphatic rings. The van der Waals surface area contributed by atoms with Gasteiger partial charge in [-0.1, -0.05) is 68.4 Å². The van der Waals surface area contributed by atoms with Gasteiger partial charge in [0.15, 0.2) is 17.9 Å². The van der Waals surface area contributed by atoms with Crippen molar-refractivity contribution in [2.45, 2.75) is 38.1 Å². The summed E-state index contributed by atoms with van der Waals surface area (Å²) in [5.74, 6) is 0.240.